The Morgan fingerprint density at radius 3 is 2.00 bits per heavy atom. The van der Waals surface area contributed by atoms with E-state index in [9.17, 15) is 9.59 Å². The molecular formula is C48H60N8O6Si. The third-order valence-corrected chi connectivity index (χ3v) is 16.5. The smallest absolute Gasteiger partial charge is 0.348 e. The number of imidazole rings is 1. The van der Waals surface area contributed by atoms with Gasteiger partial charge in [0.25, 0.3) is 5.56 Å². The van der Waals surface area contributed by atoms with Crippen molar-refractivity contribution in [1.29, 1.82) is 0 Å². The van der Waals surface area contributed by atoms with Crippen LogP contribution >= 0.6 is 0 Å². The molecule has 0 aliphatic carbocycles. The molecule has 4 atom stereocenters. The van der Waals surface area contributed by atoms with Gasteiger partial charge in [0.05, 0.1) is 13.2 Å². The molecule has 63 heavy (non-hydrogen) atoms. The molecule has 0 saturated carbocycles. The number of aromatic amines is 1. The monoisotopic (exact) mass is 872 g/mol. The van der Waals surface area contributed by atoms with Gasteiger partial charge in [0, 0.05) is 17.3 Å². The molecule has 0 radical (unpaired) electrons. The van der Waals surface area contributed by atoms with E-state index in [1.807, 2.05) is 38.1 Å². The normalized spacial score (nSPS) is 20.0. The highest BCUT2D eigenvalue weighted by molar-refractivity contribution is 6.74. The van der Waals surface area contributed by atoms with E-state index in [2.05, 4.69) is 132 Å². The Kier molecular flexibility index (Phi) is 11.7. The van der Waals surface area contributed by atoms with Gasteiger partial charge < -0.3 is 34.7 Å². The van der Waals surface area contributed by atoms with Crippen LogP contribution in [0.2, 0.25) is 18.1 Å². The van der Waals surface area contributed by atoms with Crippen LogP contribution in [0.15, 0.2) is 58.3 Å². The number of aromatic nitrogens is 6. The molecule has 2 fully saturated rings. The first kappa shape index (κ1) is 45.5. The number of nitrogen functional groups attached to an aromatic ring is 2. The molecule has 2 saturated heterocycles. The van der Waals surface area contributed by atoms with Gasteiger partial charge in [-0.2, -0.15) is 9.97 Å². The van der Waals surface area contributed by atoms with E-state index >= 15 is 0 Å². The summed E-state index contributed by atoms with van der Waals surface area (Å²) < 4.78 is 29.5. The average molecular weight is 873 g/mol. The molecule has 0 bridgehead atoms. The number of ether oxygens (including phenoxy) is 3. The fourth-order valence-electron chi connectivity index (χ4n) is 7.32. The van der Waals surface area contributed by atoms with Crippen LogP contribution in [0, 0.1) is 23.7 Å². The van der Waals surface area contributed by atoms with E-state index in [1.165, 1.54) is 11.1 Å². The number of H-pyrrole nitrogens is 1. The molecule has 3 aromatic heterocycles. The number of benzene rings is 2. The zero-order valence-electron chi connectivity index (χ0n) is 38.7. The zero-order chi connectivity index (χ0) is 46.0. The number of fused-ring (bicyclic) bond motifs is 2. The lowest BCUT2D eigenvalue weighted by atomic mass is 9.79. The predicted molar refractivity (Wildman–Crippen MR) is 248 cm³/mol. The first-order valence-corrected chi connectivity index (χ1v) is 24.2. The van der Waals surface area contributed by atoms with Crippen LogP contribution in [0.25, 0.3) is 11.2 Å². The van der Waals surface area contributed by atoms with Gasteiger partial charge in [-0.05, 0) is 89.7 Å². The van der Waals surface area contributed by atoms with Gasteiger partial charge in [0.2, 0.25) is 5.95 Å². The molecule has 0 amide bonds. The van der Waals surface area contributed by atoms with Crippen LogP contribution < -0.4 is 22.7 Å². The minimum Gasteiger partial charge on any atom is -0.414 e. The van der Waals surface area contributed by atoms with E-state index < -0.39 is 49.9 Å². The quantitative estimate of drug-likeness (QED) is 0.121. The highest BCUT2D eigenvalue weighted by Gasteiger charge is 2.57. The zero-order valence-corrected chi connectivity index (χ0v) is 39.7. The van der Waals surface area contributed by atoms with Gasteiger partial charge in [-0.25, -0.2) is 9.78 Å². The summed E-state index contributed by atoms with van der Waals surface area (Å²) in [5.74, 6) is 12.0. The van der Waals surface area contributed by atoms with Gasteiger partial charge in [-0.15, -0.1) is 0 Å². The largest absolute Gasteiger partial charge is 0.414 e. The summed E-state index contributed by atoms with van der Waals surface area (Å²) in [6.07, 6.45) is -0.690. The average Bonchev–Trinajstić information content (AvgIpc) is 3.80. The molecule has 5 heterocycles. The summed E-state index contributed by atoms with van der Waals surface area (Å²) in [6.45, 7) is 28.5. The fraction of sp³-hybridized carbons (Fsp3) is 0.479. The Bertz CT molecular complexity index is 2780. The molecule has 0 unspecified atom stereocenters. The number of nitrogens with one attached hydrogen (secondary N) is 1. The van der Waals surface area contributed by atoms with Gasteiger partial charge in [-0.1, -0.05) is 98.3 Å². The van der Waals surface area contributed by atoms with E-state index in [0.717, 1.165) is 5.56 Å². The highest BCUT2D eigenvalue weighted by atomic mass is 28.4. The summed E-state index contributed by atoms with van der Waals surface area (Å²) in [5.41, 5.74) is 16.8. The van der Waals surface area contributed by atoms with Crippen molar-refractivity contribution in [2.75, 3.05) is 18.1 Å². The molecule has 332 valence electrons. The first-order chi connectivity index (χ1) is 29.2. The van der Waals surface area contributed by atoms with Gasteiger partial charge in [-0.3, -0.25) is 14.3 Å². The topological polar surface area (TPSA) is 187 Å². The van der Waals surface area contributed by atoms with Crippen molar-refractivity contribution in [2.24, 2.45) is 0 Å². The van der Waals surface area contributed by atoms with E-state index in [0.29, 0.717) is 24.3 Å². The molecule has 2 aromatic carbocycles. The van der Waals surface area contributed by atoms with Crippen LogP contribution in [-0.4, -0.2) is 68.1 Å². The Labute approximate surface area is 370 Å². The second-order valence-corrected chi connectivity index (χ2v) is 25.4. The standard InChI is InChI=1S/C48H60N8O6Si/c1-45(2,3)32-22-30(23-33(24-32)46(4,5)6)25-55-26-31(41(57)54-43(55)50)20-18-28-14-16-29(17-15-28)19-21-35-51-36-39(49)52-44(58)53-40(36)56(35)42-38-37(61-48(10,11)62-38)34(60-42)27-59-63(12,13)47(7,8)9/h14-17,22-24,26,34,37-38,42H,25,27H2,1-13H3,(H2,50,54,57)(H3,49,52,53,58)/t34-,37-,38-,42-/m1/s1. The van der Waals surface area contributed by atoms with E-state index in [-0.39, 0.29) is 50.2 Å². The maximum absolute atomic E-state index is 13.0. The van der Waals surface area contributed by atoms with Gasteiger partial charge >= 0.3 is 5.69 Å². The molecule has 15 heteroatoms. The lowest BCUT2D eigenvalue weighted by molar-refractivity contribution is -0.199. The Morgan fingerprint density at radius 2 is 1.41 bits per heavy atom. The SMILES string of the molecule is CC1(C)O[C@@H]2[C@H](O1)[C@@H](CO[Si](C)(C)C(C)(C)C)O[C@H]2n1c(C#Cc2ccc(C#Cc3cn(Cc4cc(C(C)(C)C)cc(C(C)(C)C)c4)c(N)nc3=O)cc2)nc2c(N)[nH]c(=O)nc21. The van der Waals surface area contributed by atoms with Crippen molar-refractivity contribution in [3.05, 3.63) is 109 Å². The van der Waals surface area contributed by atoms with Gasteiger partial charge in [0.15, 0.2) is 31.8 Å². The minimum absolute atomic E-state index is 0.0115. The Balaban J connectivity index is 1.16. The molecular weight excluding hydrogens is 813 g/mol. The summed E-state index contributed by atoms with van der Waals surface area (Å²) in [7, 11) is -2.14. The van der Waals surface area contributed by atoms with Crippen LogP contribution in [0.3, 0.4) is 0 Å². The molecule has 2 aliphatic heterocycles. The lowest BCUT2D eigenvalue weighted by Crippen LogP contribution is -2.44. The van der Waals surface area contributed by atoms with Crippen molar-refractivity contribution in [3.63, 3.8) is 0 Å². The Morgan fingerprint density at radius 1 is 0.825 bits per heavy atom. The summed E-state index contributed by atoms with van der Waals surface area (Å²) >= 11 is 0. The van der Waals surface area contributed by atoms with Crippen molar-refractivity contribution < 1.29 is 18.6 Å². The van der Waals surface area contributed by atoms with Gasteiger partial charge in [0.1, 0.15) is 35.2 Å². The summed E-state index contributed by atoms with van der Waals surface area (Å²) in [4.78, 5) is 41.3. The molecule has 5 aromatic rings. The number of rotatable bonds is 6. The van der Waals surface area contributed by atoms with Crippen molar-refractivity contribution in [2.45, 2.75) is 142 Å². The predicted octanol–water partition coefficient (Wildman–Crippen LogP) is 6.72. The van der Waals surface area contributed by atoms with E-state index in [4.69, 9.17) is 35.1 Å². The number of hydrogen-bond acceptors (Lipinski definition) is 11. The fourth-order valence-corrected chi connectivity index (χ4v) is 8.33. The van der Waals surface area contributed by atoms with Crippen molar-refractivity contribution in [1.82, 2.24) is 29.1 Å². The number of hydrogen-bond donors (Lipinski definition) is 3. The van der Waals surface area contributed by atoms with Crippen LogP contribution in [0.5, 0.6) is 0 Å². The minimum atomic E-state index is -2.14. The van der Waals surface area contributed by atoms with Crippen LogP contribution in [-0.2, 0) is 36.0 Å². The summed E-state index contributed by atoms with van der Waals surface area (Å²) in [5, 5.41) is -0.0115. The number of nitrogens with two attached hydrogens (primary N) is 2. The second kappa shape index (κ2) is 16.2. The molecule has 14 nitrogen and oxygen atoms in total. The molecule has 0 spiro atoms. The third kappa shape index (κ3) is 9.68. The Hall–Kier alpha value is -5.55. The van der Waals surface area contributed by atoms with E-state index in [1.54, 1.807) is 15.3 Å². The molecule has 7 rings (SSSR count). The van der Waals surface area contributed by atoms with Crippen LogP contribution in [0.4, 0.5) is 11.8 Å². The molecule has 5 N–H and O–H groups in total. The number of nitrogens with zero attached hydrogens (tertiary/aromatic N) is 5. The summed E-state index contributed by atoms with van der Waals surface area (Å²) in [6, 6.07) is 13.9. The maximum Gasteiger partial charge on any atom is 0.348 e. The molecule has 2 aliphatic rings. The van der Waals surface area contributed by atoms with Crippen molar-refractivity contribution >= 4 is 31.2 Å². The van der Waals surface area contributed by atoms with Crippen molar-refractivity contribution in [3.8, 4) is 23.7 Å². The highest BCUT2D eigenvalue weighted by Crippen LogP contribution is 2.45. The first-order valence-electron chi connectivity index (χ1n) is 21.3. The van der Waals surface area contributed by atoms with Crippen LogP contribution in [0.1, 0.15) is 122 Å². The maximum atomic E-state index is 13.0. The second-order valence-electron chi connectivity index (χ2n) is 20.6. The number of anilines is 2. The lowest BCUT2D eigenvalue weighted by Gasteiger charge is -2.37. The third-order valence-electron chi connectivity index (χ3n) is 12.0.